The molecule has 1 aliphatic rings. The van der Waals surface area contributed by atoms with Gasteiger partial charge in [0.05, 0.1) is 5.54 Å². The summed E-state index contributed by atoms with van der Waals surface area (Å²) in [5, 5.41) is 5.36. The molecule has 0 aromatic heterocycles. The van der Waals surface area contributed by atoms with E-state index in [1.165, 1.54) is 36.0 Å². The van der Waals surface area contributed by atoms with Crippen molar-refractivity contribution >= 4 is 34.4 Å². The number of carbonyl (C=O) groups excluding carboxylic acids is 2. The van der Waals surface area contributed by atoms with Gasteiger partial charge >= 0.3 is 0 Å². The van der Waals surface area contributed by atoms with Crippen molar-refractivity contribution in [2.75, 3.05) is 5.32 Å². The van der Waals surface area contributed by atoms with Gasteiger partial charge in [0.2, 0.25) is 11.8 Å². The van der Waals surface area contributed by atoms with E-state index in [2.05, 4.69) is 15.6 Å². The first-order valence-corrected chi connectivity index (χ1v) is 7.74. The van der Waals surface area contributed by atoms with Crippen molar-refractivity contribution in [3.63, 3.8) is 0 Å². The van der Waals surface area contributed by atoms with Gasteiger partial charge in [-0.1, -0.05) is 11.8 Å². The first kappa shape index (κ1) is 16.5. The van der Waals surface area contributed by atoms with E-state index in [4.69, 9.17) is 0 Å². The van der Waals surface area contributed by atoms with Gasteiger partial charge in [0.25, 0.3) is 0 Å². The third-order valence-corrected chi connectivity index (χ3v) is 3.79. The molecule has 2 amide bonds. The number of nitrogens with zero attached hydrogens (tertiary/aromatic N) is 1. The fraction of sp³-hybridized carbons (Fsp3) is 0.400. The number of hydrogen-bond donors (Lipinski definition) is 2. The number of amides is 2. The van der Waals surface area contributed by atoms with E-state index in [-0.39, 0.29) is 29.6 Å². The fourth-order valence-corrected chi connectivity index (χ4v) is 2.97. The van der Waals surface area contributed by atoms with Gasteiger partial charge in [0.1, 0.15) is 11.1 Å². The molecule has 0 spiro atoms. The first-order chi connectivity index (χ1) is 10.2. The van der Waals surface area contributed by atoms with Crippen LogP contribution in [0.3, 0.4) is 0 Å². The Hall–Kier alpha value is -1.89. The SMILES string of the molecule is CC(C)(C)N=C1NC(=O)[C@@H](CC(=O)Nc2ccc(F)cc2)S1. The van der Waals surface area contributed by atoms with Crippen LogP contribution in [-0.4, -0.2) is 27.8 Å². The molecule has 0 radical (unpaired) electrons. The molecule has 1 aliphatic heterocycles. The molecule has 7 heteroatoms. The van der Waals surface area contributed by atoms with Gasteiger partial charge in [-0.25, -0.2) is 4.39 Å². The maximum absolute atomic E-state index is 12.8. The third-order valence-electron chi connectivity index (χ3n) is 2.71. The van der Waals surface area contributed by atoms with Crippen LogP contribution in [0.25, 0.3) is 0 Å². The summed E-state index contributed by atoms with van der Waals surface area (Å²) in [6.45, 7) is 5.80. The van der Waals surface area contributed by atoms with Gasteiger partial charge < -0.3 is 10.6 Å². The highest BCUT2D eigenvalue weighted by molar-refractivity contribution is 8.15. The largest absolute Gasteiger partial charge is 0.326 e. The second kappa shape index (κ2) is 6.48. The molecule has 0 aliphatic carbocycles. The molecule has 1 aromatic carbocycles. The number of aliphatic imine (C=N–C) groups is 1. The fourth-order valence-electron chi connectivity index (χ4n) is 1.81. The lowest BCUT2D eigenvalue weighted by Gasteiger charge is -2.12. The Bertz CT molecular complexity index is 608. The van der Waals surface area contributed by atoms with E-state index in [0.29, 0.717) is 10.9 Å². The van der Waals surface area contributed by atoms with Crippen molar-refractivity contribution in [3.8, 4) is 0 Å². The van der Waals surface area contributed by atoms with E-state index < -0.39 is 5.25 Å². The van der Waals surface area contributed by atoms with Gasteiger partial charge in [0.15, 0.2) is 5.17 Å². The summed E-state index contributed by atoms with van der Waals surface area (Å²) in [5.41, 5.74) is 0.208. The highest BCUT2D eigenvalue weighted by atomic mass is 32.2. The van der Waals surface area contributed by atoms with Crippen molar-refractivity contribution in [3.05, 3.63) is 30.1 Å². The summed E-state index contributed by atoms with van der Waals surface area (Å²) in [7, 11) is 0. The van der Waals surface area contributed by atoms with Gasteiger partial charge in [-0.2, -0.15) is 0 Å². The summed E-state index contributed by atoms with van der Waals surface area (Å²) in [6, 6.07) is 5.48. The maximum atomic E-state index is 12.8. The van der Waals surface area contributed by atoms with Crippen LogP contribution in [0, 0.1) is 5.82 Å². The molecule has 118 valence electrons. The lowest BCUT2D eigenvalue weighted by atomic mass is 10.1. The second-order valence-electron chi connectivity index (χ2n) is 5.94. The van der Waals surface area contributed by atoms with E-state index in [1.54, 1.807) is 0 Å². The van der Waals surface area contributed by atoms with Gasteiger partial charge in [0, 0.05) is 12.1 Å². The van der Waals surface area contributed by atoms with E-state index in [0.717, 1.165) is 0 Å². The van der Waals surface area contributed by atoms with Crippen LogP contribution < -0.4 is 10.6 Å². The molecule has 1 fully saturated rings. The van der Waals surface area contributed by atoms with Crippen molar-refractivity contribution in [1.29, 1.82) is 0 Å². The Morgan fingerprint density at radius 3 is 2.59 bits per heavy atom. The summed E-state index contributed by atoms with van der Waals surface area (Å²) in [6.07, 6.45) is 0.0387. The van der Waals surface area contributed by atoms with Crippen molar-refractivity contribution in [1.82, 2.24) is 5.32 Å². The molecule has 0 unspecified atom stereocenters. The highest BCUT2D eigenvalue weighted by Gasteiger charge is 2.32. The van der Waals surface area contributed by atoms with Crippen LogP contribution in [0.4, 0.5) is 10.1 Å². The minimum Gasteiger partial charge on any atom is -0.326 e. The van der Waals surface area contributed by atoms with Gasteiger partial charge in [-0.05, 0) is 45.0 Å². The van der Waals surface area contributed by atoms with E-state index >= 15 is 0 Å². The van der Waals surface area contributed by atoms with Crippen LogP contribution in [0.5, 0.6) is 0 Å². The zero-order valence-electron chi connectivity index (χ0n) is 12.6. The zero-order valence-corrected chi connectivity index (χ0v) is 13.5. The average molecular weight is 323 g/mol. The number of halogens is 1. The Morgan fingerprint density at radius 2 is 2.00 bits per heavy atom. The van der Waals surface area contributed by atoms with Gasteiger partial charge in [-0.3, -0.25) is 14.6 Å². The Balaban J connectivity index is 1.93. The molecule has 1 aromatic rings. The van der Waals surface area contributed by atoms with Crippen LogP contribution in [0.1, 0.15) is 27.2 Å². The van der Waals surface area contributed by atoms with Crippen LogP contribution in [0.15, 0.2) is 29.3 Å². The van der Waals surface area contributed by atoms with Crippen LogP contribution >= 0.6 is 11.8 Å². The number of anilines is 1. The second-order valence-corrected chi connectivity index (χ2v) is 7.13. The lowest BCUT2D eigenvalue weighted by Crippen LogP contribution is -2.28. The standard InChI is InChI=1S/C15H18FN3O2S/c1-15(2,3)19-14-18-13(21)11(22-14)8-12(20)17-10-6-4-9(16)5-7-10/h4-7,11H,8H2,1-3H3,(H,17,20)(H,18,19,21)/t11-/m1/s1. The first-order valence-electron chi connectivity index (χ1n) is 6.86. The summed E-state index contributed by atoms with van der Waals surface area (Å²) < 4.78 is 12.8. The molecular weight excluding hydrogens is 305 g/mol. The van der Waals surface area contributed by atoms with Crippen molar-refractivity contribution in [2.24, 2.45) is 4.99 Å². The number of rotatable bonds is 3. The number of hydrogen-bond acceptors (Lipinski definition) is 4. The molecule has 5 nitrogen and oxygen atoms in total. The highest BCUT2D eigenvalue weighted by Crippen LogP contribution is 2.25. The monoisotopic (exact) mass is 323 g/mol. The third kappa shape index (κ3) is 4.84. The predicted molar refractivity (Wildman–Crippen MR) is 86.4 cm³/mol. The molecular formula is C15H18FN3O2S. The summed E-state index contributed by atoms with van der Waals surface area (Å²) >= 11 is 1.26. The molecule has 1 saturated heterocycles. The summed E-state index contributed by atoms with van der Waals surface area (Å²) in [5.74, 6) is -0.884. The predicted octanol–water partition coefficient (Wildman–Crippen LogP) is 2.54. The van der Waals surface area contributed by atoms with E-state index in [9.17, 15) is 14.0 Å². The summed E-state index contributed by atoms with van der Waals surface area (Å²) in [4.78, 5) is 28.2. The number of carbonyl (C=O) groups is 2. The number of nitrogens with one attached hydrogen (secondary N) is 2. The van der Waals surface area contributed by atoms with Crippen LogP contribution in [0.2, 0.25) is 0 Å². The van der Waals surface area contributed by atoms with E-state index in [1.807, 2.05) is 20.8 Å². The number of benzene rings is 1. The van der Waals surface area contributed by atoms with Crippen molar-refractivity contribution in [2.45, 2.75) is 38.0 Å². The minimum atomic E-state index is -0.499. The number of amidine groups is 1. The average Bonchev–Trinajstić information content (AvgIpc) is 2.70. The molecule has 1 heterocycles. The Kier molecular flexibility index (Phi) is 4.85. The molecule has 1 atom stereocenters. The number of thioether (sulfide) groups is 1. The Labute approximate surface area is 132 Å². The smallest absolute Gasteiger partial charge is 0.240 e. The molecule has 2 N–H and O–H groups in total. The zero-order chi connectivity index (χ0) is 16.3. The maximum Gasteiger partial charge on any atom is 0.240 e. The molecule has 0 saturated carbocycles. The quantitative estimate of drug-likeness (QED) is 0.898. The Morgan fingerprint density at radius 1 is 1.36 bits per heavy atom. The minimum absolute atomic E-state index is 0.0387. The molecule has 0 bridgehead atoms. The lowest BCUT2D eigenvalue weighted by molar-refractivity contribution is -0.122. The van der Waals surface area contributed by atoms with Crippen molar-refractivity contribution < 1.29 is 14.0 Å². The topological polar surface area (TPSA) is 70.6 Å². The van der Waals surface area contributed by atoms with Crippen LogP contribution in [-0.2, 0) is 9.59 Å². The normalized spacial score (nSPS) is 20.1. The molecule has 22 heavy (non-hydrogen) atoms. The van der Waals surface area contributed by atoms with Gasteiger partial charge in [-0.15, -0.1) is 0 Å². The molecule has 2 rings (SSSR count).